The summed E-state index contributed by atoms with van der Waals surface area (Å²) < 4.78 is 0. The van der Waals surface area contributed by atoms with Crippen molar-refractivity contribution in [1.29, 1.82) is 0 Å². The zero-order chi connectivity index (χ0) is 10.7. The van der Waals surface area contributed by atoms with E-state index in [1.165, 1.54) is 6.07 Å². The summed E-state index contributed by atoms with van der Waals surface area (Å²) in [5.74, 6) is -0.596. The Morgan fingerprint density at radius 1 is 1.43 bits per heavy atom. The van der Waals surface area contributed by atoms with Crippen molar-refractivity contribution >= 4 is 40.5 Å². The van der Waals surface area contributed by atoms with E-state index in [1.54, 1.807) is 12.1 Å². The van der Waals surface area contributed by atoms with Gasteiger partial charge in [-0.05, 0) is 30.4 Å². The SMILES string of the molecule is NC(=O)c1cc(NC(N)=S)ccc1Cl. The molecule has 0 saturated carbocycles. The van der Waals surface area contributed by atoms with Crippen molar-refractivity contribution in [2.24, 2.45) is 11.5 Å². The Morgan fingerprint density at radius 3 is 2.57 bits per heavy atom. The van der Waals surface area contributed by atoms with Crippen molar-refractivity contribution in [3.63, 3.8) is 0 Å². The minimum absolute atomic E-state index is 0.114. The predicted molar refractivity (Wildman–Crippen MR) is 60.4 cm³/mol. The van der Waals surface area contributed by atoms with Gasteiger partial charge >= 0.3 is 0 Å². The Kier molecular flexibility index (Phi) is 3.27. The summed E-state index contributed by atoms with van der Waals surface area (Å²) in [6.07, 6.45) is 0. The van der Waals surface area contributed by atoms with Crippen molar-refractivity contribution in [3.8, 4) is 0 Å². The number of halogens is 1. The lowest BCUT2D eigenvalue weighted by atomic mass is 10.2. The first-order chi connectivity index (χ1) is 6.50. The van der Waals surface area contributed by atoms with Crippen LogP contribution < -0.4 is 16.8 Å². The molecular weight excluding hydrogens is 222 g/mol. The second-order valence-electron chi connectivity index (χ2n) is 2.55. The molecule has 0 aromatic heterocycles. The summed E-state index contributed by atoms with van der Waals surface area (Å²) in [6.45, 7) is 0. The number of rotatable bonds is 2. The van der Waals surface area contributed by atoms with Gasteiger partial charge in [0.2, 0.25) is 5.91 Å². The van der Waals surface area contributed by atoms with Crippen LogP contribution in [0.15, 0.2) is 18.2 Å². The number of hydrogen-bond acceptors (Lipinski definition) is 2. The molecule has 0 aliphatic carbocycles. The second kappa shape index (κ2) is 4.26. The highest BCUT2D eigenvalue weighted by Gasteiger charge is 2.07. The minimum Gasteiger partial charge on any atom is -0.376 e. The Hall–Kier alpha value is -1.33. The van der Waals surface area contributed by atoms with Crippen LogP contribution in [0.4, 0.5) is 5.69 Å². The molecule has 5 N–H and O–H groups in total. The lowest BCUT2D eigenvalue weighted by Crippen LogP contribution is -2.19. The Bertz CT molecular complexity index is 394. The number of amides is 1. The zero-order valence-corrected chi connectivity index (χ0v) is 8.65. The maximum atomic E-state index is 10.9. The highest BCUT2D eigenvalue weighted by Crippen LogP contribution is 2.19. The van der Waals surface area contributed by atoms with E-state index in [2.05, 4.69) is 17.5 Å². The fourth-order valence-electron chi connectivity index (χ4n) is 0.934. The van der Waals surface area contributed by atoms with Crippen LogP contribution in [0.3, 0.4) is 0 Å². The molecule has 0 heterocycles. The fourth-order valence-corrected chi connectivity index (χ4v) is 1.26. The summed E-state index contributed by atoms with van der Waals surface area (Å²) in [6, 6.07) is 4.68. The number of anilines is 1. The van der Waals surface area contributed by atoms with E-state index in [1.807, 2.05) is 0 Å². The van der Waals surface area contributed by atoms with Crippen LogP contribution in [-0.4, -0.2) is 11.0 Å². The Balaban J connectivity index is 3.06. The molecule has 0 spiro atoms. The van der Waals surface area contributed by atoms with Gasteiger partial charge in [0.25, 0.3) is 0 Å². The van der Waals surface area contributed by atoms with E-state index in [-0.39, 0.29) is 10.7 Å². The smallest absolute Gasteiger partial charge is 0.250 e. The summed E-state index contributed by atoms with van der Waals surface area (Å²) in [4.78, 5) is 10.9. The van der Waals surface area contributed by atoms with E-state index >= 15 is 0 Å². The van der Waals surface area contributed by atoms with Gasteiger partial charge in [-0.25, -0.2) is 0 Å². The Labute approximate surface area is 91.2 Å². The van der Waals surface area contributed by atoms with E-state index in [0.29, 0.717) is 10.7 Å². The van der Waals surface area contributed by atoms with Gasteiger partial charge in [-0.2, -0.15) is 0 Å². The van der Waals surface area contributed by atoms with E-state index < -0.39 is 5.91 Å². The molecular formula is C8H8ClN3OS. The number of hydrogen-bond donors (Lipinski definition) is 3. The normalized spacial score (nSPS) is 9.50. The van der Waals surface area contributed by atoms with Crippen LogP contribution in [0.5, 0.6) is 0 Å². The van der Waals surface area contributed by atoms with Gasteiger partial charge in [-0.15, -0.1) is 0 Å². The van der Waals surface area contributed by atoms with Crippen molar-refractivity contribution in [2.45, 2.75) is 0 Å². The van der Waals surface area contributed by atoms with Gasteiger partial charge in [0.05, 0.1) is 10.6 Å². The molecule has 1 aromatic carbocycles. The van der Waals surface area contributed by atoms with Crippen LogP contribution in [-0.2, 0) is 0 Å². The number of carbonyl (C=O) groups excluding carboxylic acids is 1. The highest BCUT2D eigenvalue weighted by molar-refractivity contribution is 7.80. The number of carbonyl (C=O) groups is 1. The number of nitrogens with one attached hydrogen (secondary N) is 1. The molecule has 0 bridgehead atoms. The second-order valence-corrected chi connectivity index (χ2v) is 3.40. The molecule has 4 nitrogen and oxygen atoms in total. The molecule has 0 aliphatic heterocycles. The van der Waals surface area contributed by atoms with Crippen molar-refractivity contribution in [2.75, 3.05) is 5.32 Å². The summed E-state index contributed by atoms with van der Waals surface area (Å²) in [5.41, 5.74) is 11.2. The van der Waals surface area contributed by atoms with Crippen molar-refractivity contribution in [1.82, 2.24) is 0 Å². The first-order valence-electron chi connectivity index (χ1n) is 3.66. The molecule has 0 fully saturated rings. The lowest BCUT2D eigenvalue weighted by Gasteiger charge is -2.06. The first kappa shape index (κ1) is 10.7. The molecule has 1 rings (SSSR count). The molecule has 0 aliphatic rings. The average Bonchev–Trinajstić information content (AvgIpc) is 2.07. The number of benzene rings is 1. The van der Waals surface area contributed by atoms with E-state index in [4.69, 9.17) is 23.1 Å². The van der Waals surface area contributed by atoms with Crippen LogP contribution in [0.25, 0.3) is 0 Å². The molecule has 0 saturated heterocycles. The monoisotopic (exact) mass is 229 g/mol. The fraction of sp³-hybridized carbons (Fsp3) is 0. The molecule has 0 atom stereocenters. The summed E-state index contributed by atoms with van der Waals surface area (Å²) >= 11 is 10.4. The van der Waals surface area contributed by atoms with Gasteiger partial charge in [0.1, 0.15) is 0 Å². The molecule has 1 aromatic rings. The zero-order valence-electron chi connectivity index (χ0n) is 7.08. The van der Waals surface area contributed by atoms with Crippen LogP contribution in [0.1, 0.15) is 10.4 Å². The summed E-state index contributed by atoms with van der Waals surface area (Å²) in [7, 11) is 0. The van der Waals surface area contributed by atoms with Gasteiger partial charge in [-0.1, -0.05) is 11.6 Å². The largest absolute Gasteiger partial charge is 0.376 e. The maximum Gasteiger partial charge on any atom is 0.250 e. The van der Waals surface area contributed by atoms with Crippen LogP contribution in [0.2, 0.25) is 5.02 Å². The molecule has 6 heteroatoms. The van der Waals surface area contributed by atoms with Crippen molar-refractivity contribution in [3.05, 3.63) is 28.8 Å². The van der Waals surface area contributed by atoms with Crippen LogP contribution in [0, 0.1) is 0 Å². The lowest BCUT2D eigenvalue weighted by molar-refractivity contribution is 0.100. The Morgan fingerprint density at radius 2 is 2.07 bits per heavy atom. The molecule has 1 amide bonds. The first-order valence-corrected chi connectivity index (χ1v) is 4.45. The van der Waals surface area contributed by atoms with Gasteiger partial charge in [0.15, 0.2) is 5.11 Å². The molecule has 0 unspecified atom stereocenters. The molecule has 14 heavy (non-hydrogen) atoms. The van der Waals surface area contributed by atoms with Gasteiger partial charge in [-0.3, -0.25) is 4.79 Å². The maximum absolute atomic E-state index is 10.9. The minimum atomic E-state index is -0.596. The molecule has 74 valence electrons. The third-order valence-electron chi connectivity index (χ3n) is 1.50. The summed E-state index contributed by atoms with van der Waals surface area (Å²) in [5, 5.41) is 3.08. The number of thiocarbonyl (C=S) groups is 1. The predicted octanol–water partition coefficient (Wildman–Crippen LogP) is 1.09. The van der Waals surface area contributed by atoms with E-state index in [9.17, 15) is 4.79 Å². The molecule has 0 radical (unpaired) electrons. The number of primary amides is 1. The van der Waals surface area contributed by atoms with Crippen molar-refractivity contribution < 1.29 is 4.79 Å². The quantitative estimate of drug-likeness (QED) is 0.664. The van der Waals surface area contributed by atoms with Gasteiger partial charge in [0, 0.05) is 5.69 Å². The number of nitrogens with two attached hydrogens (primary N) is 2. The average molecular weight is 230 g/mol. The van der Waals surface area contributed by atoms with Crippen LogP contribution >= 0.6 is 23.8 Å². The standard InChI is InChI=1S/C8H8ClN3OS/c9-6-2-1-4(12-8(11)14)3-5(6)7(10)13/h1-3H,(H2,10,13)(H3,11,12,14). The highest BCUT2D eigenvalue weighted by atomic mass is 35.5. The third-order valence-corrected chi connectivity index (χ3v) is 1.93. The van der Waals surface area contributed by atoms with E-state index in [0.717, 1.165) is 0 Å². The third kappa shape index (κ3) is 2.58. The topological polar surface area (TPSA) is 81.1 Å². The van der Waals surface area contributed by atoms with Gasteiger partial charge < -0.3 is 16.8 Å².